The Morgan fingerprint density at radius 2 is 1.27 bits per heavy atom. The van der Waals surface area contributed by atoms with Crippen LogP contribution in [0.1, 0.15) is 34.6 Å². The minimum Gasteiger partial charge on any atom is -0.462 e. The number of rotatable bonds is 4. The predicted octanol–water partition coefficient (Wildman–Crippen LogP) is 2.55. The molecular formula is C17H16O5. The molecule has 0 saturated heterocycles. The van der Waals surface area contributed by atoms with Crippen molar-refractivity contribution in [3.63, 3.8) is 0 Å². The zero-order valence-electron chi connectivity index (χ0n) is 12.4. The van der Waals surface area contributed by atoms with Gasteiger partial charge in [-0.3, -0.25) is 4.79 Å². The lowest BCUT2D eigenvalue weighted by Gasteiger charge is -2.01. The van der Waals surface area contributed by atoms with Gasteiger partial charge in [-0.1, -0.05) is 24.3 Å². The molecule has 0 aliphatic heterocycles. The molecule has 0 aliphatic rings. The molecular weight excluding hydrogens is 284 g/mol. The Morgan fingerprint density at radius 1 is 0.864 bits per heavy atom. The van der Waals surface area contributed by atoms with Gasteiger partial charge in [0.25, 0.3) is 0 Å². The number of hydrogen-bond acceptors (Lipinski definition) is 5. The van der Waals surface area contributed by atoms with Crippen LogP contribution in [0.15, 0.2) is 41.2 Å². The number of fused-ring (bicyclic) bond motifs is 1. The van der Waals surface area contributed by atoms with Crippen molar-refractivity contribution in [3.05, 3.63) is 57.7 Å². The molecule has 114 valence electrons. The summed E-state index contributed by atoms with van der Waals surface area (Å²) in [6.07, 6.45) is 0. The standard InChI is InChI=1S/C17H16O5/c1-3-21-16(19)13-9-11-7-5-6-8-12(11)10-14(15(13)18)17(20)22-4-2/h5-10H,3-4H2,1-2H3. The number of benzene rings is 1. The van der Waals surface area contributed by atoms with Crippen LogP contribution in [0.3, 0.4) is 0 Å². The first-order valence-corrected chi connectivity index (χ1v) is 6.99. The van der Waals surface area contributed by atoms with Crippen molar-refractivity contribution in [2.24, 2.45) is 0 Å². The molecule has 0 saturated carbocycles. The number of esters is 2. The van der Waals surface area contributed by atoms with E-state index in [0.29, 0.717) is 10.8 Å². The van der Waals surface area contributed by atoms with E-state index in [2.05, 4.69) is 0 Å². The molecule has 2 aromatic rings. The molecule has 0 amide bonds. The van der Waals surface area contributed by atoms with Crippen LogP contribution >= 0.6 is 0 Å². The van der Waals surface area contributed by atoms with E-state index in [0.717, 1.165) is 0 Å². The van der Waals surface area contributed by atoms with Crippen LogP contribution in [-0.4, -0.2) is 25.2 Å². The van der Waals surface area contributed by atoms with E-state index in [4.69, 9.17) is 9.47 Å². The summed E-state index contributed by atoms with van der Waals surface area (Å²) in [6.45, 7) is 3.58. The lowest BCUT2D eigenvalue weighted by Crippen LogP contribution is -2.22. The first-order chi connectivity index (χ1) is 10.6. The Morgan fingerprint density at radius 3 is 1.64 bits per heavy atom. The molecule has 0 radical (unpaired) electrons. The first kappa shape index (κ1) is 15.7. The minimum absolute atomic E-state index is 0.142. The normalized spacial score (nSPS) is 10.3. The molecule has 0 aliphatic carbocycles. The SMILES string of the molecule is CCOC(=O)c1cc2ccccc2cc(C(=O)OCC)c1=O. The summed E-state index contributed by atoms with van der Waals surface area (Å²) in [5.41, 5.74) is -1.04. The van der Waals surface area contributed by atoms with E-state index >= 15 is 0 Å². The molecule has 0 heterocycles. The molecule has 0 atom stereocenters. The summed E-state index contributed by atoms with van der Waals surface area (Å²) < 4.78 is 9.81. The second-order valence-electron chi connectivity index (χ2n) is 4.52. The quantitative estimate of drug-likeness (QED) is 0.812. The summed E-state index contributed by atoms with van der Waals surface area (Å²) in [5, 5.41) is 1.33. The molecule has 0 aromatic heterocycles. The van der Waals surface area contributed by atoms with Gasteiger partial charge in [0.15, 0.2) is 0 Å². The monoisotopic (exact) mass is 300 g/mol. The molecule has 0 N–H and O–H groups in total. The molecule has 5 nitrogen and oxygen atoms in total. The third-order valence-corrected chi connectivity index (χ3v) is 3.08. The van der Waals surface area contributed by atoms with Gasteiger partial charge in [0.2, 0.25) is 5.43 Å². The third-order valence-electron chi connectivity index (χ3n) is 3.08. The van der Waals surface area contributed by atoms with Crippen molar-refractivity contribution in [1.29, 1.82) is 0 Å². The van der Waals surface area contributed by atoms with Gasteiger partial charge in [-0.2, -0.15) is 0 Å². The molecule has 5 heteroatoms. The van der Waals surface area contributed by atoms with E-state index in [9.17, 15) is 14.4 Å². The van der Waals surface area contributed by atoms with E-state index in [1.54, 1.807) is 38.1 Å². The summed E-state index contributed by atoms with van der Waals surface area (Å²) >= 11 is 0. The van der Waals surface area contributed by atoms with Gasteiger partial charge in [-0.25, -0.2) is 9.59 Å². The Hall–Kier alpha value is -2.69. The summed E-state index contributed by atoms with van der Waals surface area (Å²) in [5.74, 6) is -1.50. The molecule has 0 spiro atoms. The largest absolute Gasteiger partial charge is 0.462 e. The van der Waals surface area contributed by atoms with E-state index in [1.807, 2.05) is 0 Å². The lowest BCUT2D eigenvalue weighted by atomic mass is 10.1. The maximum atomic E-state index is 12.5. The zero-order chi connectivity index (χ0) is 16.1. The maximum Gasteiger partial charge on any atom is 0.342 e. The van der Waals surface area contributed by atoms with Gasteiger partial charge in [0, 0.05) is 0 Å². The molecule has 0 unspecified atom stereocenters. The number of carbonyl (C=O) groups excluding carboxylic acids is 2. The fourth-order valence-corrected chi connectivity index (χ4v) is 2.08. The van der Waals surface area contributed by atoms with Crippen LogP contribution in [0, 0.1) is 0 Å². The summed E-state index contributed by atoms with van der Waals surface area (Å²) in [7, 11) is 0. The van der Waals surface area contributed by atoms with Gasteiger partial charge >= 0.3 is 11.9 Å². The van der Waals surface area contributed by atoms with Crippen LogP contribution < -0.4 is 5.43 Å². The van der Waals surface area contributed by atoms with Crippen LogP contribution in [0.4, 0.5) is 0 Å². The van der Waals surface area contributed by atoms with E-state index in [1.165, 1.54) is 12.1 Å². The van der Waals surface area contributed by atoms with Gasteiger partial charge < -0.3 is 9.47 Å². The summed E-state index contributed by atoms with van der Waals surface area (Å²) in [6, 6.07) is 9.97. The van der Waals surface area contributed by atoms with Crippen molar-refractivity contribution < 1.29 is 19.1 Å². The molecule has 22 heavy (non-hydrogen) atoms. The average molecular weight is 300 g/mol. The highest BCUT2D eigenvalue weighted by Crippen LogP contribution is 2.15. The van der Waals surface area contributed by atoms with Crippen LogP contribution in [-0.2, 0) is 9.47 Å². The lowest BCUT2D eigenvalue weighted by molar-refractivity contribution is 0.0523. The first-order valence-electron chi connectivity index (χ1n) is 6.99. The van der Waals surface area contributed by atoms with Crippen molar-refractivity contribution >= 4 is 22.7 Å². The topological polar surface area (TPSA) is 69.7 Å². The van der Waals surface area contributed by atoms with Crippen LogP contribution in [0.5, 0.6) is 0 Å². The Balaban J connectivity index is 2.78. The number of ether oxygens (including phenoxy) is 2. The van der Waals surface area contributed by atoms with Gasteiger partial charge in [-0.15, -0.1) is 0 Å². The van der Waals surface area contributed by atoms with Crippen molar-refractivity contribution in [2.45, 2.75) is 13.8 Å². The molecule has 2 aromatic carbocycles. The molecule has 0 fully saturated rings. The van der Waals surface area contributed by atoms with Crippen molar-refractivity contribution in [2.75, 3.05) is 13.2 Å². The van der Waals surface area contributed by atoms with Gasteiger partial charge in [-0.05, 0) is 36.8 Å². The number of carbonyl (C=O) groups is 2. The fourth-order valence-electron chi connectivity index (χ4n) is 2.08. The predicted molar refractivity (Wildman–Crippen MR) is 82.1 cm³/mol. The molecule has 0 bridgehead atoms. The Kier molecular flexibility index (Phi) is 4.88. The van der Waals surface area contributed by atoms with Crippen molar-refractivity contribution in [3.8, 4) is 0 Å². The maximum absolute atomic E-state index is 12.5. The fraction of sp³-hybridized carbons (Fsp3) is 0.235. The second-order valence-corrected chi connectivity index (χ2v) is 4.52. The smallest absolute Gasteiger partial charge is 0.342 e. The van der Waals surface area contributed by atoms with Gasteiger partial charge in [0.1, 0.15) is 11.1 Å². The van der Waals surface area contributed by atoms with Gasteiger partial charge in [0.05, 0.1) is 13.2 Å². The summed E-state index contributed by atoms with van der Waals surface area (Å²) in [4.78, 5) is 36.5. The van der Waals surface area contributed by atoms with E-state index in [-0.39, 0.29) is 24.3 Å². The average Bonchev–Trinajstić information content (AvgIpc) is 2.65. The highest BCUT2D eigenvalue weighted by atomic mass is 16.5. The minimum atomic E-state index is -0.751. The van der Waals surface area contributed by atoms with Crippen molar-refractivity contribution in [1.82, 2.24) is 0 Å². The Bertz CT molecular complexity index is 716. The number of hydrogen-bond donors (Lipinski definition) is 0. The third kappa shape index (κ3) is 3.14. The second kappa shape index (κ2) is 6.85. The van der Waals surface area contributed by atoms with Crippen LogP contribution in [0.25, 0.3) is 10.8 Å². The molecule has 2 rings (SSSR count). The van der Waals surface area contributed by atoms with E-state index < -0.39 is 17.4 Å². The zero-order valence-corrected chi connectivity index (χ0v) is 12.4. The highest BCUT2D eigenvalue weighted by molar-refractivity contribution is 5.99. The van der Waals surface area contributed by atoms with Crippen LogP contribution in [0.2, 0.25) is 0 Å². The highest BCUT2D eigenvalue weighted by Gasteiger charge is 2.19. The Labute approximate surface area is 127 Å².